The lowest BCUT2D eigenvalue weighted by Crippen LogP contribution is -1.95. The van der Waals surface area contributed by atoms with Gasteiger partial charge in [-0.25, -0.2) is 0 Å². The third kappa shape index (κ3) is 4.50. The third-order valence-corrected chi connectivity index (χ3v) is 3.02. The Morgan fingerprint density at radius 2 is 1.85 bits per heavy atom. The Kier molecular flexibility index (Phi) is 4.87. The summed E-state index contributed by atoms with van der Waals surface area (Å²) in [6, 6.07) is 8.20. The smallest absolute Gasteiger partial charge is 0.303 e. The first-order valence-electron chi connectivity index (χ1n) is 6.72. The molecule has 1 heterocycles. The normalized spacial score (nSPS) is 10.7. The lowest BCUT2D eigenvalue weighted by molar-refractivity contribution is -0.137. The monoisotopic (exact) mass is 274 g/mol. The molecule has 0 atom stereocenters. The highest BCUT2D eigenvalue weighted by Gasteiger charge is 2.07. The van der Waals surface area contributed by atoms with Crippen LogP contribution in [-0.2, 0) is 17.6 Å². The highest BCUT2D eigenvalue weighted by atomic mass is 16.4. The number of carboxylic acids is 1. The summed E-state index contributed by atoms with van der Waals surface area (Å²) in [7, 11) is 0. The first kappa shape index (κ1) is 14.2. The Morgan fingerprint density at radius 3 is 2.55 bits per heavy atom. The lowest BCUT2D eigenvalue weighted by atomic mass is 10.1. The van der Waals surface area contributed by atoms with Crippen molar-refractivity contribution in [1.82, 2.24) is 10.2 Å². The number of benzene rings is 1. The van der Waals surface area contributed by atoms with E-state index in [1.807, 2.05) is 19.1 Å². The summed E-state index contributed by atoms with van der Waals surface area (Å²) in [5.41, 5.74) is 2.36. The van der Waals surface area contributed by atoms with Gasteiger partial charge in [0, 0.05) is 12.8 Å². The molecule has 0 fully saturated rings. The maximum absolute atomic E-state index is 10.4. The van der Waals surface area contributed by atoms with Crippen LogP contribution in [0, 0.1) is 6.92 Å². The van der Waals surface area contributed by atoms with Gasteiger partial charge in [-0.15, -0.1) is 10.2 Å². The largest absolute Gasteiger partial charge is 0.481 e. The Labute approximate surface area is 117 Å². The summed E-state index contributed by atoms with van der Waals surface area (Å²) in [5, 5.41) is 16.5. The predicted molar refractivity (Wildman–Crippen MR) is 73.5 cm³/mol. The fraction of sp³-hybridized carbons (Fsp3) is 0.400. The molecule has 2 aromatic rings. The lowest BCUT2D eigenvalue weighted by Gasteiger charge is -1.97. The first-order valence-corrected chi connectivity index (χ1v) is 6.72. The van der Waals surface area contributed by atoms with E-state index in [9.17, 15) is 4.79 Å². The number of hydrogen-bond donors (Lipinski definition) is 1. The summed E-state index contributed by atoms with van der Waals surface area (Å²) in [5.74, 6) is 0.412. The van der Waals surface area contributed by atoms with Crippen LogP contribution in [0.5, 0.6) is 0 Å². The summed E-state index contributed by atoms with van der Waals surface area (Å²) in [6.07, 6.45) is 2.82. The van der Waals surface area contributed by atoms with Gasteiger partial charge in [0.25, 0.3) is 0 Å². The number of unbranched alkanes of at least 4 members (excludes halogenated alkanes) is 1. The summed E-state index contributed by atoms with van der Waals surface area (Å²) in [6.45, 7) is 2.05. The highest BCUT2D eigenvalue weighted by molar-refractivity contribution is 5.66. The number of hydrogen-bond acceptors (Lipinski definition) is 4. The Morgan fingerprint density at radius 1 is 1.15 bits per heavy atom. The minimum atomic E-state index is -0.768. The van der Waals surface area contributed by atoms with Crippen LogP contribution >= 0.6 is 0 Å². The average molecular weight is 274 g/mol. The van der Waals surface area contributed by atoms with Gasteiger partial charge >= 0.3 is 5.97 Å². The Bertz CT molecular complexity index is 561. The van der Waals surface area contributed by atoms with Crippen LogP contribution in [0.25, 0.3) is 0 Å². The standard InChI is InChI=1S/C15H18N2O3/c1-11-6-8-12(9-7-11)10-14-17-16-13(20-14)4-2-3-5-15(18)19/h6-9H,2-5,10H2,1H3,(H,18,19). The van der Waals surface area contributed by atoms with Gasteiger partial charge in [0.1, 0.15) is 0 Å². The molecule has 0 aliphatic carbocycles. The second-order valence-corrected chi connectivity index (χ2v) is 4.85. The molecular formula is C15H18N2O3. The second kappa shape index (κ2) is 6.84. The molecule has 5 nitrogen and oxygen atoms in total. The molecule has 0 unspecified atom stereocenters. The van der Waals surface area contributed by atoms with E-state index in [0.717, 1.165) is 12.0 Å². The number of nitrogens with zero attached hydrogens (tertiary/aromatic N) is 2. The number of carbonyl (C=O) groups is 1. The molecule has 0 aliphatic rings. The van der Waals surface area contributed by atoms with Gasteiger partial charge in [-0.2, -0.15) is 0 Å². The van der Waals surface area contributed by atoms with Crippen molar-refractivity contribution in [3.05, 3.63) is 47.2 Å². The van der Waals surface area contributed by atoms with Gasteiger partial charge in [-0.05, 0) is 25.3 Å². The summed E-state index contributed by atoms with van der Waals surface area (Å²) < 4.78 is 5.56. The van der Waals surface area contributed by atoms with E-state index in [4.69, 9.17) is 9.52 Å². The van der Waals surface area contributed by atoms with Crippen LogP contribution in [0.4, 0.5) is 0 Å². The summed E-state index contributed by atoms with van der Waals surface area (Å²) in [4.78, 5) is 10.4. The maximum Gasteiger partial charge on any atom is 0.303 e. The van der Waals surface area contributed by atoms with Gasteiger partial charge in [0.2, 0.25) is 11.8 Å². The zero-order chi connectivity index (χ0) is 14.4. The number of aromatic nitrogens is 2. The number of aryl methyl sites for hydroxylation is 2. The molecule has 1 aromatic heterocycles. The van der Waals surface area contributed by atoms with Gasteiger partial charge < -0.3 is 9.52 Å². The van der Waals surface area contributed by atoms with Crippen molar-refractivity contribution in [2.45, 2.75) is 39.0 Å². The quantitative estimate of drug-likeness (QED) is 0.786. The molecule has 5 heteroatoms. The molecule has 2 rings (SSSR count). The van der Waals surface area contributed by atoms with Crippen molar-refractivity contribution < 1.29 is 14.3 Å². The van der Waals surface area contributed by atoms with E-state index < -0.39 is 5.97 Å². The molecule has 106 valence electrons. The van der Waals surface area contributed by atoms with Crippen molar-refractivity contribution >= 4 is 5.97 Å². The highest BCUT2D eigenvalue weighted by Crippen LogP contribution is 2.11. The van der Waals surface area contributed by atoms with E-state index >= 15 is 0 Å². The number of carboxylic acid groups (broad SMARTS) is 1. The molecule has 0 radical (unpaired) electrons. The van der Waals surface area contributed by atoms with E-state index in [0.29, 0.717) is 31.0 Å². The van der Waals surface area contributed by atoms with Crippen LogP contribution in [0.1, 0.15) is 42.2 Å². The average Bonchev–Trinajstić information content (AvgIpc) is 2.85. The van der Waals surface area contributed by atoms with Crippen LogP contribution < -0.4 is 0 Å². The zero-order valence-corrected chi connectivity index (χ0v) is 11.5. The molecule has 0 aliphatic heterocycles. The van der Waals surface area contributed by atoms with Gasteiger partial charge in [-0.3, -0.25) is 4.79 Å². The van der Waals surface area contributed by atoms with Crippen LogP contribution in [0.2, 0.25) is 0 Å². The molecular weight excluding hydrogens is 256 g/mol. The van der Waals surface area contributed by atoms with Crippen molar-refractivity contribution in [2.24, 2.45) is 0 Å². The molecule has 0 spiro atoms. The van der Waals surface area contributed by atoms with Gasteiger partial charge in [0.15, 0.2) is 0 Å². The van der Waals surface area contributed by atoms with Gasteiger partial charge in [-0.1, -0.05) is 29.8 Å². The Balaban J connectivity index is 1.82. The van der Waals surface area contributed by atoms with E-state index in [2.05, 4.69) is 22.3 Å². The molecule has 1 aromatic carbocycles. The van der Waals surface area contributed by atoms with Gasteiger partial charge in [0.05, 0.1) is 6.42 Å². The fourth-order valence-corrected chi connectivity index (χ4v) is 1.89. The number of rotatable bonds is 7. The van der Waals surface area contributed by atoms with E-state index in [1.54, 1.807) is 0 Å². The van der Waals surface area contributed by atoms with E-state index in [-0.39, 0.29) is 6.42 Å². The van der Waals surface area contributed by atoms with Crippen LogP contribution in [0.15, 0.2) is 28.7 Å². The Hall–Kier alpha value is -2.17. The molecule has 0 saturated heterocycles. The molecule has 1 N–H and O–H groups in total. The topological polar surface area (TPSA) is 76.2 Å². The zero-order valence-electron chi connectivity index (χ0n) is 11.5. The second-order valence-electron chi connectivity index (χ2n) is 4.85. The molecule has 0 amide bonds. The van der Waals surface area contributed by atoms with Crippen molar-refractivity contribution in [3.8, 4) is 0 Å². The summed E-state index contributed by atoms with van der Waals surface area (Å²) >= 11 is 0. The fourth-order valence-electron chi connectivity index (χ4n) is 1.89. The van der Waals surface area contributed by atoms with Crippen molar-refractivity contribution in [2.75, 3.05) is 0 Å². The number of aliphatic carboxylic acids is 1. The minimum absolute atomic E-state index is 0.185. The molecule has 0 bridgehead atoms. The van der Waals surface area contributed by atoms with Crippen LogP contribution in [-0.4, -0.2) is 21.3 Å². The SMILES string of the molecule is Cc1ccc(Cc2nnc(CCCCC(=O)O)o2)cc1. The first-order chi connectivity index (χ1) is 9.63. The molecule has 20 heavy (non-hydrogen) atoms. The molecule has 0 saturated carbocycles. The minimum Gasteiger partial charge on any atom is -0.481 e. The maximum atomic E-state index is 10.4. The predicted octanol–water partition coefficient (Wildman–Crippen LogP) is 2.77. The van der Waals surface area contributed by atoms with Crippen molar-refractivity contribution in [1.29, 1.82) is 0 Å². The van der Waals surface area contributed by atoms with Crippen molar-refractivity contribution in [3.63, 3.8) is 0 Å². The van der Waals surface area contributed by atoms with Crippen LogP contribution in [0.3, 0.4) is 0 Å². The third-order valence-electron chi connectivity index (χ3n) is 3.02. The van der Waals surface area contributed by atoms with E-state index in [1.165, 1.54) is 5.56 Å².